The van der Waals surface area contributed by atoms with E-state index in [0.29, 0.717) is 17.3 Å². The van der Waals surface area contributed by atoms with E-state index in [2.05, 4.69) is 9.80 Å². The Morgan fingerprint density at radius 1 is 1.25 bits per heavy atom. The molecule has 0 radical (unpaired) electrons. The molecule has 2 fully saturated rings. The van der Waals surface area contributed by atoms with Crippen LogP contribution >= 0.6 is 0 Å². The Kier molecular flexibility index (Phi) is 4.19. The van der Waals surface area contributed by atoms with Gasteiger partial charge in [0.05, 0.1) is 25.5 Å². The number of rotatable bonds is 3. The molecule has 1 aromatic rings. The van der Waals surface area contributed by atoms with Gasteiger partial charge in [-0.1, -0.05) is 12.1 Å². The molecule has 0 amide bonds. The number of halogens is 1. The zero-order valence-corrected chi connectivity index (χ0v) is 11.6. The van der Waals surface area contributed by atoms with Crippen LogP contribution in [0.1, 0.15) is 12.0 Å². The fraction of sp³-hybridized carbons (Fsp3) is 0.600. The summed E-state index contributed by atoms with van der Waals surface area (Å²) in [5.41, 5.74) is 1.25. The minimum atomic E-state index is -0.237. The molecule has 1 aromatic carbocycles. The highest BCUT2D eigenvalue weighted by atomic mass is 19.1. The maximum atomic E-state index is 14.1. The first-order chi connectivity index (χ1) is 9.79. The summed E-state index contributed by atoms with van der Waals surface area (Å²) in [5.74, 6) is -0.237. The molecular formula is C15H21FN2O2. The van der Waals surface area contributed by atoms with Crippen LogP contribution in [-0.2, 0) is 11.3 Å². The molecule has 4 nitrogen and oxygen atoms in total. The lowest BCUT2D eigenvalue weighted by Gasteiger charge is -2.32. The summed E-state index contributed by atoms with van der Waals surface area (Å²) in [4.78, 5) is 4.50. The van der Waals surface area contributed by atoms with Crippen molar-refractivity contribution < 1.29 is 14.2 Å². The number of nitrogens with zero attached hydrogens (tertiary/aromatic N) is 2. The van der Waals surface area contributed by atoms with Crippen LogP contribution in [-0.4, -0.2) is 55.4 Å². The molecule has 0 aromatic heterocycles. The molecule has 1 atom stereocenters. The number of hydrogen-bond donors (Lipinski definition) is 1. The summed E-state index contributed by atoms with van der Waals surface area (Å²) >= 11 is 0. The van der Waals surface area contributed by atoms with Gasteiger partial charge in [0.25, 0.3) is 0 Å². The molecule has 1 unspecified atom stereocenters. The number of morpholine rings is 1. The van der Waals surface area contributed by atoms with E-state index in [1.807, 2.05) is 0 Å². The summed E-state index contributed by atoms with van der Waals surface area (Å²) in [7, 11) is 0. The monoisotopic (exact) mass is 280 g/mol. The molecule has 0 aliphatic carbocycles. The number of ether oxygens (including phenoxy) is 1. The Morgan fingerprint density at radius 2 is 2.05 bits per heavy atom. The number of hydrogen-bond acceptors (Lipinski definition) is 4. The van der Waals surface area contributed by atoms with E-state index in [0.717, 1.165) is 45.8 Å². The Balaban J connectivity index is 1.73. The molecular weight excluding hydrogens is 259 g/mol. The summed E-state index contributed by atoms with van der Waals surface area (Å²) < 4.78 is 19.4. The summed E-state index contributed by atoms with van der Waals surface area (Å²) in [5, 5.41) is 9.40. The molecule has 2 saturated heterocycles. The Labute approximate surface area is 118 Å². The van der Waals surface area contributed by atoms with Crippen molar-refractivity contribution in [2.75, 3.05) is 44.3 Å². The van der Waals surface area contributed by atoms with Crippen molar-refractivity contribution in [2.24, 2.45) is 0 Å². The molecule has 2 aliphatic heterocycles. The largest absolute Gasteiger partial charge is 0.392 e. The van der Waals surface area contributed by atoms with Crippen LogP contribution in [0, 0.1) is 5.82 Å². The molecule has 110 valence electrons. The summed E-state index contributed by atoms with van der Waals surface area (Å²) in [6.45, 7) is 5.05. The molecule has 1 N–H and O–H groups in total. The van der Waals surface area contributed by atoms with E-state index in [1.165, 1.54) is 6.07 Å². The number of anilines is 1. The van der Waals surface area contributed by atoms with Crippen molar-refractivity contribution >= 4 is 5.69 Å². The van der Waals surface area contributed by atoms with Gasteiger partial charge in [-0.25, -0.2) is 4.39 Å². The lowest BCUT2D eigenvalue weighted by Crippen LogP contribution is -2.44. The van der Waals surface area contributed by atoms with Gasteiger partial charge in [-0.15, -0.1) is 0 Å². The zero-order valence-electron chi connectivity index (χ0n) is 11.6. The molecule has 20 heavy (non-hydrogen) atoms. The van der Waals surface area contributed by atoms with Crippen LogP contribution in [0.15, 0.2) is 18.2 Å². The van der Waals surface area contributed by atoms with Crippen LogP contribution in [0.5, 0.6) is 0 Å². The second kappa shape index (κ2) is 6.08. The lowest BCUT2D eigenvalue weighted by molar-refractivity contribution is 0.0209. The van der Waals surface area contributed by atoms with Crippen molar-refractivity contribution in [3.8, 4) is 0 Å². The number of aliphatic hydroxyl groups excluding tert-OH is 1. The smallest absolute Gasteiger partial charge is 0.146 e. The van der Waals surface area contributed by atoms with E-state index in [-0.39, 0.29) is 12.4 Å². The van der Waals surface area contributed by atoms with Gasteiger partial charge in [0.1, 0.15) is 5.82 Å². The Hall–Kier alpha value is -1.17. The van der Waals surface area contributed by atoms with E-state index >= 15 is 0 Å². The first-order valence-corrected chi connectivity index (χ1v) is 7.24. The number of aliphatic hydroxyl groups is 1. The van der Waals surface area contributed by atoms with E-state index in [1.54, 1.807) is 12.1 Å². The fourth-order valence-corrected chi connectivity index (χ4v) is 3.23. The molecule has 5 heteroatoms. The van der Waals surface area contributed by atoms with Gasteiger partial charge in [0, 0.05) is 37.8 Å². The minimum absolute atomic E-state index is 0.119. The van der Waals surface area contributed by atoms with Crippen LogP contribution < -0.4 is 4.90 Å². The molecule has 0 saturated carbocycles. The molecule has 0 bridgehead atoms. The lowest BCUT2D eigenvalue weighted by atomic mass is 10.1. The van der Waals surface area contributed by atoms with Gasteiger partial charge >= 0.3 is 0 Å². The van der Waals surface area contributed by atoms with E-state index < -0.39 is 0 Å². The first kappa shape index (κ1) is 13.8. The Morgan fingerprint density at radius 3 is 2.80 bits per heavy atom. The predicted octanol–water partition coefficient (Wildman–Crippen LogP) is 1.23. The summed E-state index contributed by atoms with van der Waals surface area (Å²) in [6.07, 6.45) is 1.04. The predicted molar refractivity (Wildman–Crippen MR) is 75.3 cm³/mol. The average Bonchev–Trinajstić information content (AvgIpc) is 2.97. The molecule has 2 aliphatic rings. The third kappa shape index (κ3) is 2.66. The van der Waals surface area contributed by atoms with Crippen molar-refractivity contribution in [1.29, 1.82) is 0 Å². The maximum absolute atomic E-state index is 14.1. The van der Waals surface area contributed by atoms with Crippen molar-refractivity contribution in [1.82, 2.24) is 4.90 Å². The molecule has 0 spiro atoms. The first-order valence-electron chi connectivity index (χ1n) is 7.24. The molecule has 3 rings (SSSR count). The van der Waals surface area contributed by atoms with Gasteiger partial charge < -0.3 is 14.7 Å². The zero-order chi connectivity index (χ0) is 13.9. The highest BCUT2D eigenvalue weighted by molar-refractivity contribution is 5.55. The highest BCUT2D eigenvalue weighted by Gasteiger charge is 2.30. The van der Waals surface area contributed by atoms with Crippen molar-refractivity contribution in [3.63, 3.8) is 0 Å². The van der Waals surface area contributed by atoms with Crippen LogP contribution in [0.4, 0.5) is 10.1 Å². The van der Waals surface area contributed by atoms with Gasteiger partial charge in [0.15, 0.2) is 0 Å². The second-order valence-corrected chi connectivity index (χ2v) is 5.44. The normalized spacial score (nSPS) is 24.3. The van der Waals surface area contributed by atoms with E-state index in [4.69, 9.17) is 4.74 Å². The minimum Gasteiger partial charge on any atom is -0.392 e. The van der Waals surface area contributed by atoms with Crippen LogP contribution in [0.2, 0.25) is 0 Å². The average molecular weight is 280 g/mol. The van der Waals surface area contributed by atoms with Crippen molar-refractivity contribution in [3.05, 3.63) is 29.6 Å². The van der Waals surface area contributed by atoms with Crippen molar-refractivity contribution in [2.45, 2.75) is 19.1 Å². The highest BCUT2D eigenvalue weighted by Crippen LogP contribution is 2.29. The third-order valence-electron chi connectivity index (χ3n) is 4.28. The van der Waals surface area contributed by atoms with Gasteiger partial charge in [-0.3, -0.25) is 4.90 Å². The Bertz CT molecular complexity index is 463. The second-order valence-electron chi connectivity index (χ2n) is 5.44. The quantitative estimate of drug-likeness (QED) is 0.903. The standard InChI is InChI=1S/C15H21FN2O2/c16-14-3-1-2-12(11-19)15(14)18-5-4-13(10-18)17-6-8-20-9-7-17/h1-3,13,19H,4-11H2. The van der Waals surface area contributed by atoms with Crippen LogP contribution in [0.3, 0.4) is 0 Å². The van der Waals surface area contributed by atoms with Gasteiger partial charge in [0.2, 0.25) is 0 Å². The van der Waals surface area contributed by atoms with Gasteiger partial charge in [-0.05, 0) is 12.5 Å². The van der Waals surface area contributed by atoms with Crippen LogP contribution in [0.25, 0.3) is 0 Å². The maximum Gasteiger partial charge on any atom is 0.146 e. The number of benzene rings is 1. The number of para-hydroxylation sites is 1. The molecule has 2 heterocycles. The van der Waals surface area contributed by atoms with Gasteiger partial charge in [-0.2, -0.15) is 0 Å². The fourth-order valence-electron chi connectivity index (χ4n) is 3.23. The topological polar surface area (TPSA) is 35.9 Å². The summed E-state index contributed by atoms with van der Waals surface area (Å²) in [6, 6.07) is 5.38. The SMILES string of the molecule is OCc1cccc(F)c1N1CCC(N2CCOCC2)C1. The third-order valence-corrected chi connectivity index (χ3v) is 4.28. The van der Waals surface area contributed by atoms with E-state index in [9.17, 15) is 9.50 Å².